The summed E-state index contributed by atoms with van der Waals surface area (Å²) in [5.41, 5.74) is 0.359. The van der Waals surface area contributed by atoms with Gasteiger partial charge in [-0.15, -0.1) is 0 Å². The van der Waals surface area contributed by atoms with Crippen LogP contribution >= 0.6 is 0 Å². The summed E-state index contributed by atoms with van der Waals surface area (Å²) in [7, 11) is -3.66. The van der Waals surface area contributed by atoms with Gasteiger partial charge in [0.15, 0.2) is 0 Å². The first kappa shape index (κ1) is 17.0. The van der Waals surface area contributed by atoms with E-state index in [2.05, 4.69) is 11.3 Å². The van der Waals surface area contributed by atoms with Gasteiger partial charge in [0, 0.05) is 5.57 Å². The maximum absolute atomic E-state index is 10.6. The summed E-state index contributed by atoms with van der Waals surface area (Å²) in [5.74, 6) is -0.636. The van der Waals surface area contributed by atoms with Gasteiger partial charge in [-0.25, -0.2) is 4.79 Å². The monoisotopic (exact) mass is 249 g/mol. The fourth-order valence-electron chi connectivity index (χ4n) is 0.313. The molecule has 0 saturated carbocycles. The van der Waals surface area contributed by atoms with E-state index in [0.717, 1.165) is 0 Å². The third-order valence-corrected chi connectivity index (χ3v) is 1.89. The van der Waals surface area contributed by atoms with E-state index in [9.17, 15) is 13.2 Å². The van der Waals surface area contributed by atoms with E-state index < -0.39 is 16.1 Å². The Bertz CT molecular complexity index is 366. The Labute approximate surface area is 95.3 Å². The molecule has 6 nitrogen and oxygen atoms in total. The average Bonchev–Trinajstić information content (AvgIpc) is 2.17. The first-order valence-corrected chi connectivity index (χ1v) is 6.00. The largest absolute Gasteiger partial charge is 0.461 e. The number of rotatable bonds is 4. The van der Waals surface area contributed by atoms with Gasteiger partial charge in [-0.3, -0.25) is 4.55 Å². The number of nitriles is 1. The first-order valence-electron chi connectivity index (χ1n) is 4.39. The van der Waals surface area contributed by atoms with Crippen molar-refractivity contribution in [2.45, 2.75) is 20.3 Å². The zero-order chi connectivity index (χ0) is 13.2. The molecular weight excluding hydrogens is 234 g/mol. The van der Waals surface area contributed by atoms with Crippen molar-refractivity contribution in [3.63, 3.8) is 0 Å². The fraction of sp³-hybridized carbons (Fsp3) is 0.556. The second-order valence-electron chi connectivity index (χ2n) is 2.69. The van der Waals surface area contributed by atoms with Gasteiger partial charge < -0.3 is 4.74 Å². The Morgan fingerprint density at radius 3 is 2.25 bits per heavy atom. The minimum atomic E-state index is -3.66. The predicted octanol–water partition coefficient (Wildman–Crippen LogP) is 0.913. The van der Waals surface area contributed by atoms with E-state index in [1.54, 1.807) is 6.92 Å². The maximum atomic E-state index is 10.6. The van der Waals surface area contributed by atoms with Crippen LogP contribution in [0.5, 0.6) is 0 Å². The molecule has 0 heterocycles. The maximum Gasteiger partial charge on any atom is 0.333 e. The molecule has 0 saturated heterocycles. The predicted molar refractivity (Wildman–Crippen MR) is 58.1 cm³/mol. The second-order valence-corrected chi connectivity index (χ2v) is 4.44. The third-order valence-electron chi connectivity index (χ3n) is 1.16. The van der Waals surface area contributed by atoms with E-state index in [0.29, 0.717) is 5.57 Å². The molecule has 0 unspecified atom stereocenters. The average molecular weight is 249 g/mol. The topological polar surface area (TPSA) is 104 Å². The van der Waals surface area contributed by atoms with Crippen molar-refractivity contribution in [2.24, 2.45) is 0 Å². The summed E-state index contributed by atoms with van der Waals surface area (Å²) in [5, 5.41) is 8.05. The van der Waals surface area contributed by atoms with Crippen molar-refractivity contribution >= 4 is 16.1 Å². The summed E-state index contributed by atoms with van der Waals surface area (Å²) < 4.78 is 31.5. The molecule has 0 aliphatic heterocycles. The molecule has 0 amide bonds. The van der Waals surface area contributed by atoms with Crippen molar-refractivity contribution in [1.29, 1.82) is 5.26 Å². The van der Waals surface area contributed by atoms with E-state index >= 15 is 0 Å². The van der Waals surface area contributed by atoms with Gasteiger partial charge in [0.1, 0.15) is 6.61 Å². The number of hydrogen-bond acceptors (Lipinski definition) is 5. The van der Waals surface area contributed by atoms with Crippen molar-refractivity contribution < 1.29 is 22.5 Å². The summed E-state index contributed by atoms with van der Waals surface area (Å²) >= 11 is 0. The first-order chi connectivity index (χ1) is 7.24. The molecule has 16 heavy (non-hydrogen) atoms. The van der Waals surface area contributed by atoms with E-state index in [1.807, 2.05) is 6.07 Å². The second kappa shape index (κ2) is 8.88. The molecule has 0 aromatic rings. The minimum absolute atomic E-state index is 0.155. The zero-order valence-corrected chi connectivity index (χ0v) is 10.1. The molecule has 0 rings (SSSR count). The highest BCUT2D eigenvalue weighted by atomic mass is 32.2. The highest BCUT2D eigenvalue weighted by molar-refractivity contribution is 7.85. The van der Waals surface area contributed by atoms with Crippen LogP contribution in [0.15, 0.2) is 12.2 Å². The molecule has 0 spiro atoms. The van der Waals surface area contributed by atoms with E-state index in [1.165, 1.54) is 6.92 Å². The molecule has 0 aromatic carbocycles. The van der Waals surface area contributed by atoms with Gasteiger partial charge in [0.05, 0.1) is 18.2 Å². The van der Waals surface area contributed by atoms with Crippen LogP contribution in [-0.4, -0.2) is 31.3 Å². The Morgan fingerprint density at radius 2 is 2.00 bits per heavy atom. The fourth-order valence-corrected chi connectivity index (χ4v) is 0.313. The molecule has 92 valence electrons. The van der Waals surface area contributed by atoms with Crippen molar-refractivity contribution in [2.75, 3.05) is 12.4 Å². The number of ether oxygens (including phenoxy) is 1. The lowest BCUT2D eigenvalue weighted by molar-refractivity contribution is -0.138. The molecule has 0 aliphatic carbocycles. The van der Waals surface area contributed by atoms with E-state index in [4.69, 9.17) is 9.81 Å². The van der Waals surface area contributed by atoms with Gasteiger partial charge in [0.2, 0.25) is 0 Å². The summed E-state index contributed by atoms with van der Waals surface area (Å²) in [4.78, 5) is 10.6. The van der Waals surface area contributed by atoms with Crippen molar-refractivity contribution in [1.82, 2.24) is 0 Å². The third kappa shape index (κ3) is 15.1. The lowest BCUT2D eigenvalue weighted by atomic mass is 10.4. The lowest BCUT2D eigenvalue weighted by Crippen LogP contribution is -2.05. The van der Waals surface area contributed by atoms with Gasteiger partial charge in [-0.1, -0.05) is 6.58 Å². The minimum Gasteiger partial charge on any atom is -0.461 e. The summed E-state index contributed by atoms with van der Waals surface area (Å²) in [6, 6.07) is 1.86. The Balaban J connectivity index is 0. The van der Waals surface area contributed by atoms with Crippen LogP contribution in [0.3, 0.4) is 0 Å². The highest BCUT2D eigenvalue weighted by Gasteiger charge is 2.00. The smallest absolute Gasteiger partial charge is 0.333 e. The normalized spacial score (nSPS) is 9.38. The summed E-state index contributed by atoms with van der Waals surface area (Å²) in [6.07, 6.45) is 0.235. The molecule has 0 atom stereocenters. The molecule has 0 aromatic heterocycles. The Hall–Kier alpha value is -1.39. The molecular formula is C9H15NO5S. The van der Waals surface area contributed by atoms with Crippen LogP contribution in [0.1, 0.15) is 20.3 Å². The van der Waals surface area contributed by atoms with Crippen LogP contribution < -0.4 is 0 Å². The van der Waals surface area contributed by atoms with Crippen LogP contribution in [0.4, 0.5) is 0 Å². The Kier molecular flexibility index (Phi) is 9.45. The van der Waals surface area contributed by atoms with Gasteiger partial charge >= 0.3 is 5.97 Å². The highest BCUT2D eigenvalue weighted by Crippen LogP contribution is 1.92. The van der Waals surface area contributed by atoms with Crippen LogP contribution in [-0.2, 0) is 19.6 Å². The van der Waals surface area contributed by atoms with Gasteiger partial charge in [0.25, 0.3) is 10.1 Å². The molecule has 0 fully saturated rings. The quantitative estimate of drug-likeness (QED) is 0.343. The van der Waals surface area contributed by atoms with Gasteiger partial charge in [-0.2, -0.15) is 13.7 Å². The summed E-state index contributed by atoms with van der Waals surface area (Å²) in [6.45, 7) is 6.47. The van der Waals surface area contributed by atoms with E-state index in [-0.39, 0.29) is 18.8 Å². The van der Waals surface area contributed by atoms with Crippen LogP contribution in [0.25, 0.3) is 0 Å². The molecule has 1 N–H and O–H groups in total. The number of nitrogens with zero attached hydrogens (tertiary/aromatic N) is 1. The van der Waals surface area contributed by atoms with Crippen molar-refractivity contribution in [3.05, 3.63) is 12.2 Å². The number of carbonyl (C=O) groups is 1. The molecule has 0 radical (unpaired) electrons. The van der Waals surface area contributed by atoms with Crippen LogP contribution in [0.2, 0.25) is 0 Å². The molecule has 0 aliphatic rings. The SMILES string of the molecule is C=C(C)C(=O)OCCC#N.CCS(=O)(=O)O. The molecule has 0 bridgehead atoms. The van der Waals surface area contributed by atoms with Gasteiger partial charge in [-0.05, 0) is 13.8 Å². The van der Waals surface area contributed by atoms with Crippen LogP contribution in [0, 0.1) is 11.3 Å². The number of esters is 1. The Morgan fingerprint density at radius 1 is 1.56 bits per heavy atom. The zero-order valence-electron chi connectivity index (χ0n) is 9.26. The van der Waals surface area contributed by atoms with Crippen molar-refractivity contribution in [3.8, 4) is 6.07 Å². The lowest BCUT2D eigenvalue weighted by Gasteiger charge is -1.98. The number of carbonyl (C=O) groups excluding carboxylic acids is 1. The number of hydrogen-bond donors (Lipinski definition) is 1. The molecule has 7 heteroatoms. The standard InChI is InChI=1S/C7H9NO2.C2H6O3S/c1-6(2)7(9)10-5-3-4-8;1-2-6(3,4)5/h1,3,5H2,2H3;2H2,1H3,(H,3,4,5).